The van der Waals surface area contributed by atoms with E-state index in [9.17, 15) is 0 Å². The number of nitrogens with two attached hydrogens (primary N) is 1. The lowest BCUT2D eigenvalue weighted by Crippen LogP contribution is -2.01. The van der Waals surface area contributed by atoms with Crippen molar-refractivity contribution >= 4 is 17.0 Å². The first-order chi connectivity index (χ1) is 9.33. The minimum atomic E-state index is 0.538. The lowest BCUT2D eigenvalue weighted by Gasteiger charge is -2.01. The summed E-state index contributed by atoms with van der Waals surface area (Å²) in [6.45, 7) is 0. The maximum absolute atomic E-state index is 6.11. The topological polar surface area (TPSA) is 69.6 Å². The summed E-state index contributed by atoms with van der Waals surface area (Å²) in [6.07, 6.45) is 4.23. The molecule has 0 saturated heterocycles. The highest BCUT2D eigenvalue weighted by atomic mass is 15.3. The van der Waals surface area contributed by atoms with Crippen LogP contribution in [0.3, 0.4) is 0 Å². The lowest BCUT2D eigenvalue weighted by molar-refractivity contribution is 0.895. The molecule has 4 rings (SSSR count). The van der Waals surface area contributed by atoms with Gasteiger partial charge in [-0.3, -0.25) is 0 Å². The highest BCUT2D eigenvalue weighted by Gasteiger charge is 2.26. The van der Waals surface area contributed by atoms with E-state index < -0.39 is 0 Å². The maximum Gasteiger partial charge on any atom is 0.202 e. The number of hydrogen-bond donors (Lipinski definition) is 1. The first kappa shape index (κ1) is 10.5. The quantitative estimate of drug-likeness (QED) is 0.758. The number of nitrogen functional groups attached to an aromatic ring is 1. The van der Waals surface area contributed by atoms with Gasteiger partial charge in [0.2, 0.25) is 5.65 Å². The number of benzene rings is 1. The summed E-state index contributed by atoms with van der Waals surface area (Å²) in [5.41, 5.74) is 9.37. The smallest absolute Gasteiger partial charge is 0.202 e. The van der Waals surface area contributed by atoms with Crippen molar-refractivity contribution in [2.45, 2.75) is 18.8 Å². The Kier molecular flexibility index (Phi) is 2.09. The largest absolute Gasteiger partial charge is 0.382 e. The fourth-order valence-corrected chi connectivity index (χ4v) is 2.23. The second kappa shape index (κ2) is 3.78. The van der Waals surface area contributed by atoms with E-state index in [1.54, 1.807) is 4.68 Å². The third kappa shape index (κ3) is 1.66. The summed E-state index contributed by atoms with van der Waals surface area (Å²) in [4.78, 5) is 8.99. The fraction of sp³-hybridized carbons (Fsp3) is 0.214. The fourth-order valence-electron chi connectivity index (χ4n) is 2.23. The van der Waals surface area contributed by atoms with Gasteiger partial charge in [-0.2, -0.15) is 0 Å². The summed E-state index contributed by atoms with van der Waals surface area (Å²) in [5, 5.41) is 4.47. The minimum Gasteiger partial charge on any atom is -0.382 e. The molecular formula is C14H13N5. The molecular weight excluding hydrogens is 238 g/mol. The van der Waals surface area contributed by atoms with Crippen molar-refractivity contribution in [3.63, 3.8) is 0 Å². The number of aromatic nitrogens is 4. The van der Waals surface area contributed by atoms with Crippen LogP contribution in [0, 0.1) is 0 Å². The lowest BCUT2D eigenvalue weighted by atomic mass is 10.3. The van der Waals surface area contributed by atoms with Crippen LogP contribution >= 0.6 is 0 Å². The van der Waals surface area contributed by atoms with Crippen LogP contribution in [0.25, 0.3) is 16.9 Å². The number of hydrogen-bond acceptors (Lipinski definition) is 4. The molecule has 0 amide bonds. The SMILES string of the molecule is Nc1c2ncc(C3CC3)nc2nn1-c1ccccc1. The van der Waals surface area contributed by atoms with Crippen LogP contribution in [0.4, 0.5) is 5.82 Å². The second-order valence-electron chi connectivity index (χ2n) is 4.87. The van der Waals surface area contributed by atoms with Crippen molar-refractivity contribution < 1.29 is 0 Å². The van der Waals surface area contributed by atoms with E-state index in [-0.39, 0.29) is 0 Å². The average molecular weight is 251 g/mol. The Morgan fingerprint density at radius 1 is 1.16 bits per heavy atom. The van der Waals surface area contributed by atoms with Gasteiger partial charge in [0.05, 0.1) is 11.4 Å². The van der Waals surface area contributed by atoms with Crippen molar-refractivity contribution in [2.24, 2.45) is 0 Å². The third-order valence-corrected chi connectivity index (χ3v) is 3.43. The molecule has 5 heteroatoms. The van der Waals surface area contributed by atoms with E-state index in [1.807, 2.05) is 36.5 Å². The Morgan fingerprint density at radius 2 is 1.95 bits per heavy atom. The van der Waals surface area contributed by atoms with Crippen LogP contribution in [-0.4, -0.2) is 19.7 Å². The van der Waals surface area contributed by atoms with E-state index >= 15 is 0 Å². The monoisotopic (exact) mass is 251 g/mol. The van der Waals surface area contributed by atoms with Crippen LogP contribution in [0.2, 0.25) is 0 Å². The van der Waals surface area contributed by atoms with Gasteiger partial charge in [0.15, 0.2) is 11.3 Å². The van der Waals surface area contributed by atoms with Gasteiger partial charge in [-0.1, -0.05) is 18.2 Å². The number of rotatable bonds is 2. The zero-order valence-corrected chi connectivity index (χ0v) is 10.3. The van der Waals surface area contributed by atoms with Crippen molar-refractivity contribution in [3.05, 3.63) is 42.2 Å². The summed E-state index contributed by atoms with van der Waals surface area (Å²) < 4.78 is 1.70. The first-order valence-electron chi connectivity index (χ1n) is 6.39. The van der Waals surface area contributed by atoms with Crippen LogP contribution in [0.5, 0.6) is 0 Å². The van der Waals surface area contributed by atoms with Gasteiger partial charge < -0.3 is 5.73 Å². The average Bonchev–Trinajstić information content (AvgIpc) is 3.25. The molecule has 3 aromatic rings. The van der Waals surface area contributed by atoms with Gasteiger partial charge in [0.1, 0.15) is 0 Å². The normalized spacial score (nSPS) is 14.9. The third-order valence-electron chi connectivity index (χ3n) is 3.43. The van der Waals surface area contributed by atoms with Crippen LogP contribution in [-0.2, 0) is 0 Å². The highest BCUT2D eigenvalue weighted by Crippen LogP contribution is 2.39. The summed E-state index contributed by atoms with van der Waals surface area (Å²) in [7, 11) is 0. The number of para-hydroxylation sites is 1. The van der Waals surface area contributed by atoms with E-state index in [2.05, 4.69) is 15.1 Å². The van der Waals surface area contributed by atoms with Crippen molar-refractivity contribution in [1.82, 2.24) is 19.7 Å². The summed E-state index contributed by atoms with van der Waals surface area (Å²) >= 11 is 0. The summed E-state index contributed by atoms with van der Waals surface area (Å²) in [5.74, 6) is 1.11. The van der Waals surface area contributed by atoms with Gasteiger partial charge in [-0.15, -0.1) is 5.10 Å². The number of nitrogens with zero attached hydrogens (tertiary/aromatic N) is 4. The van der Waals surface area contributed by atoms with Crippen LogP contribution < -0.4 is 5.73 Å². The van der Waals surface area contributed by atoms with Crippen molar-refractivity contribution in [3.8, 4) is 5.69 Å². The molecule has 0 spiro atoms. The summed E-state index contributed by atoms with van der Waals surface area (Å²) in [6, 6.07) is 9.80. The van der Waals surface area contributed by atoms with Crippen LogP contribution in [0.1, 0.15) is 24.5 Å². The van der Waals surface area contributed by atoms with Gasteiger partial charge in [-0.05, 0) is 25.0 Å². The molecule has 94 valence electrons. The molecule has 1 aromatic carbocycles. The molecule has 0 bridgehead atoms. The molecule has 5 nitrogen and oxygen atoms in total. The zero-order chi connectivity index (χ0) is 12.8. The first-order valence-corrected chi connectivity index (χ1v) is 6.39. The van der Waals surface area contributed by atoms with Crippen LogP contribution in [0.15, 0.2) is 36.5 Å². The van der Waals surface area contributed by atoms with Gasteiger partial charge in [0, 0.05) is 12.1 Å². The Morgan fingerprint density at radius 3 is 2.68 bits per heavy atom. The molecule has 0 atom stereocenters. The Hall–Kier alpha value is -2.43. The number of anilines is 1. The molecule has 19 heavy (non-hydrogen) atoms. The molecule has 2 heterocycles. The number of fused-ring (bicyclic) bond motifs is 1. The maximum atomic E-state index is 6.11. The molecule has 0 unspecified atom stereocenters. The Labute approximate surface area is 110 Å². The van der Waals surface area contributed by atoms with E-state index in [1.165, 1.54) is 12.8 Å². The van der Waals surface area contributed by atoms with Gasteiger partial charge in [-0.25, -0.2) is 14.6 Å². The van der Waals surface area contributed by atoms with Crippen molar-refractivity contribution in [2.75, 3.05) is 5.73 Å². The molecule has 1 fully saturated rings. The van der Waals surface area contributed by atoms with Crippen molar-refractivity contribution in [1.29, 1.82) is 0 Å². The van der Waals surface area contributed by atoms with E-state index in [0.717, 1.165) is 11.4 Å². The standard InChI is InChI=1S/C14H13N5/c15-13-12-14(17-11(8-16-12)9-6-7-9)18-19(13)10-4-2-1-3-5-10/h1-5,8-9H,6-7,15H2. The molecule has 0 aliphatic heterocycles. The molecule has 1 aliphatic rings. The zero-order valence-electron chi connectivity index (χ0n) is 10.3. The second-order valence-corrected chi connectivity index (χ2v) is 4.87. The predicted molar refractivity (Wildman–Crippen MR) is 73.0 cm³/mol. The highest BCUT2D eigenvalue weighted by molar-refractivity contribution is 5.83. The van der Waals surface area contributed by atoms with Gasteiger partial charge in [0.25, 0.3) is 0 Å². The molecule has 1 aliphatic carbocycles. The molecule has 1 saturated carbocycles. The van der Waals surface area contributed by atoms with E-state index in [4.69, 9.17) is 5.73 Å². The molecule has 2 N–H and O–H groups in total. The predicted octanol–water partition coefficient (Wildman–Crippen LogP) is 2.28. The molecule has 0 radical (unpaired) electrons. The Bertz CT molecular complexity index is 743. The van der Waals surface area contributed by atoms with E-state index in [0.29, 0.717) is 22.9 Å². The Balaban J connectivity index is 1.90. The minimum absolute atomic E-state index is 0.538. The van der Waals surface area contributed by atoms with Gasteiger partial charge >= 0.3 is 0 Å². The molecule has 2 aromatic heterocycles.